The lowest BCUT2D eigenvalue weighted by atomic mass is 9.79. The third-order valence-electron chi connectivity index (χ3n) is 7.10. The molecule has 1 aliphatic carbocycles. The number of rotatable bonds is 18. The first-order chi connectivity index (χ1) is 20.0. The fraction of sp³-hybridized carbons (Fsp3) is 0.515. The summed E-state index contributed by atoms with van der Waals surface area (Å²) in [6.07, 6.45) is 18.2. The monoisotopic (exact) mass is 583 g/mol. The van der Waals surface area contributed by atoms with Crippen molar-refractivity contribution >= 4 is 11.7 Å². The topological polar surface area (TPSA) is 128 Å². The van der Waals surface area contributed by atoms with E-state index in [2.05, 4.69) is 42.0 Å². The first kappa shape index (κ1) is 36.6. The van der Waals surface area contributed by atoms with Crippen molar-refractivity contribution in [3.63, 3.8) is 0 Å². The van der Waals surface area contributed by atoms with E-state index in [0.717, 1.165) is 36.3 Å². The van der Waals surface area contributed by atoms with Gasteiger partial charge in [-0.05, 0) is 61.8 Å². The summed E-state index contributed by atoms with van der Waals surface area (Å²) < 4.78 is 10.7. The lowest BCUT2D eigenvalue weighted by Crippen LogP contribution is -2.49. The minimum Gasteiger partial charge on any atom is -0.501 e. The predicted molar refractivity (Wildman–Crippen MR) is 173 cm³/mol. The number of carbonyl (C=O) groups excluding carboxylic acids is 1. The van der Waals surface area contributed by atoms with Gasteiger partial charge in [-0.2, -0.15) is 0 Å². The molecule has 0 bridgehead atoms. The number of hydrogen-bond donors (Lipinski definition) is 6. The lowest BCUT2D eigenvalue weighted by Gasteiger charge is -2.27. The van der Waals surface area contributed by atoms with Crippen LogP contribution >= 0.6 is 0 Å². The van der Waals surface area contributed by atoms with E-state index in [-0.39, 0.29) is 17.7 Å². The molecule has 2 amide bonds. The van der Waals surface area contributed by atoms with Gasteiger partial charge in [0.05, 0.1) is 37.8 Å². The van der Waals surface area contributed by atoms with Crippen molar-refractivity contribution in [2.45, 2.75) is 66.8 Å². The molecule has 0 aliphatic heterocycles. The number of aliphatic hydroxyl groups excluding tert-OH is 1. The maximum Gasteiger partial charge on any atom is 0.320 e. The normalized spacial score (nSPS) is 15.8. The van der Waals surface area contributed by atoms with Crippen molar-refractivity contribution < 1.29 is 19.4 Å². The fourth-order valence-electron chi connectivity index (χ4n) is 4.00. The third-order valence-corrected chi connectivity index (χ3v) is 7.10. The quantitative estimate of drug-likeness (QED) is 0.0557. The fourth-order valence-corrected chi connectivity index (χ4v) is 4.00. The molecule has 0 saturated carbocycles. The Morgan fingerprint density at radius 2 is 1.95 bits per heavy atom. The average Bonchev–Trinajstić information content (AvgIpc) is 3.25. The summed E-state index contributed by atoms with van der Waals surface area (Å²) in [6.45, 7) is 13.5. The highest BCUT2D eigenvalue weighted by molar-refractivity contribution is 6.12. The molecule has 0 radical (unpaired) electrons. The van der Waals surface area contributed by atoms with Gasteiger partial charge in [-0.1, -0.05) is 64.2 Å². The number of hydrogen-bond acceptors (Lipinski definition) is 7. The summed E-state index contributed by atoms with van der Waals surface area (Å²) in [6, 6.07) is -1.00. The highest BCUT2D eigenvalue weighted by Gasteiger charge is 2.24. The van der Waals surface area contributed by atoms with Crippen LogP contribution in [0.1, 0.15) is 60.8 Å². The summed E-state index contributed by atoms with van der Waals surface area (Å²) in [5.74, 6) is 1.17. The molecule has 0 fully saturated rings. The van der Waals surface area contributed by atoms with E-state index in [4.69, 9.17) is 9.47 Å². The van der Waals surface area contributed by atoms with Gasteiger partial charge < -0.3 is 30.5 Å². The molecule has 0 aromatic carbocycles. The molecule has 1 rings (SSSR count). The van der Waals surface area contributed by atoms with Crippen molar-refractivity contribution in [3.05, 3.63) is 82.6 Å². The van der Waals surface area contributed by atoms with Crippen molar-refractivity contribution in [2.75, 3.05) is 40.5 Å². The number of carbonyl (C=O) groups is 1. The molecule has 1 aliphatic rings. The molecule has 0 heterocycles. The van der Waals surface area contributed by atoms with Gasteiger partial charge in [0.15, 0.2) is 0 Å². The van der Waals surface area contributed by atoms with E-state index in [1.165, 1.54) is 0 Å². The highest BCUT2D eigenvalue weighted by Crippen LogP contribution is 2.35. The van der Waals surface area contributed by atoms with Crippen molar-refractivity contribution in [1.29, 1.82) is 5.41 Å². The van der Waals surface area contributed by atoms with Crippen LogP contribution in [0.4, 0.5) is 4.79 Å². The van der Waals surface area contributed by atoms with Crippen molar-refractivity contribution in [2.24, 2.45) is 5.41 Å². The van der Waals surface area contributed by atoms with Crippen LogP contribution in [0.5, 0.6) is 0 Å². The Kier molecular flexibility index (Phi) is 17.2. The summed E-state index contributed by atoms with van der Waals surface area (Å²) in [4.78, 5) is 13.1. The molecule has 0 aromatic heterocycles. The second-order valence-corrected chi connectivity index (χ2v) is 10.7. The van der Waals surface area contributed by atoms with Gasteiger partial charge in [0.2, 0.25) is 0 Å². The molecule has 0 spiro atoms. The molecule has 0 saturated heterocycles. The highest BCUT2D eigenvalue weighted by atomic mass is 16.5. The van der Waals surface area contributed by atoms with Crippen molar-refractivity contribution in [1.82, 2.24) is 21.3 Å². The summed E-state index contributed by atoms with van der Waals surface area (Å²) in [7, 11) is 3.28. The number of methoxy groups -OCH3 is 2. The molecule has 9 heteroatoms. The average molecular weight is 584 g/mol. The van der Waals surface area contributed by atoms with Gasteiger partial charge in [-0.25, -0.2) is 4.79 Å². The molecule has 42 heavy (non-hydrogen) atoms. The summed E-state index contributed by atoms with van der Waals surface area (Å²) in [5.41, 5.74) is 3.13. The maximum absolute atomic E-state index is 13.1. The molecular weight excluding hydrogens is 530 g/mol. The molecule has 0 unspecified atom stereocenters. The maximum atomic E-state index is 13.1. The van der Waals surface area contributed by atoms with Gasteiger partial charge in [0.25, 0.3) is 0 Å². The Balaban J connectivity index is 3.52. The first-order valence-corrected chi connectivity index (χ1v) is 14.7. The van der Waals surface area contributed by atoms with Gasteiger partial charge >= 0.3 is 6.03 Å². The largest absolute Gasteiger partial charge is 0.501 e. The Hall–Kier alpha value is -3.40. The molecule has 6 N–H and O–H groups in total. The van der Waals surface area contributed by atoms with Gasteiger partial charge in [0, 0.05) is 31.5 Å². The first-order valence-electron chi connectivity index (χ1n) is 14.7. The zero-order valence-electron chi connectivity index (χ0n) is 26.8. The number of allylic oxidation sites excluding steroid dienone is 12. The Labute approximate surface area is 253 Å². The number of aliphatic hydroxyl groups is 1. The Morgan fingerprint density at radius 3 is 2.57 bits per heavy atom. The summed E-state index contributed by atoms with van der Waals surface area (Å²) in [5, 5.41) is 31.3. The van der Waals surface area contributed by atoms with Crippen LogP contribution in [-0.4, -0.2) is 63.4 Å². The standard InChI is InChI=1S/C33H53N5O4/c1-9-11-16-26(21-29(25(4)42-8)33(5,6)10-2)30(34)24(3)31(36-27-17-14-12-13-15-18-27)38-32(40)37-28(23-39)22-35-19-20-41-7/h11-14,16-18,21,28,34-36,39H,9-10,15,19-20,22-23H2,1-8H3,(H2,37,38,40)/b16-11-,26-21+,29-25-,31-24+,34-30?/t28-/m1/s1. The van der Waals surface area contributed by atoms with Crippen LogP contribution in [0.3, 0.4) is 0 Å². The van der Waals surface area contributed by atoms with E-state index in [1.54, 1.807) is 14.2 Å². The second kappa shape index (κ2) is 19.7. The molecule has 9 nitrogen and oxygen atoms in total. The van der Waals surface area contributed by atoms with Gasteiger partial charge in [0.1, 0.15) is 5.82 Å². The van der Waals surface area contributed by atoms with E-state index in [0.29, 0.717) is 36.7 Å². The number of amides is 2. The molecule has 1 atom stereocenters. The third kappa shape index (κ3) is 12.6. The smallest absolute Gasteiger partial charge is 0.320 e. The zero-order chi connectivity index (χ0) is 31.5. The van der Waals surface area contributed by atoms with Crippen LogP contribution in [0.25, 0.3) is 0 Å². The number of urea groups is 1. The Morgan fingerprint density at radius 1 is 1.21 bits per heavy atom. The SMILES string of the molecule is CC\C=C/C(=C\C(=C(/C)OC)C(C)(C)CC)C(=N)/C(C)=C(/NC(=O)N[C@@H](CO)CNCCOC)NC1=CCC=CC=C1. The zero-order valence-corrected chi connectivity index (χ0v) is 26.8. The van der Waals surface area contributed by atoms with E-state index < -0.39 is 12.1 Å². The van der Waals surface area contributed by atoms with E-state index in [1.807, 2.05) is 69.4 Å². The van der Waals surface area contributed by atoms with E-state index in [9.17, 15) is 15.3 Å². The van der Waals surface area contributed by atoms with E-state index >= 15 is 0 Å². The lowest BCUT2D eigenvalue weighted by molar-refractivity contribution is 0.192. The minimum absolute atomic E-state index is 0.179. The van der Waals surface area contributed by atoms with Gasteiger partial charge in [-0.3, -0.25) is 10.7 Å². The Bertz CT molecular complexity index is 1110. The van der Waals surface area contributed by atoms with Crippen molar-refractivity contribution in [3.8, 4) is 0 Å². The molecule has 234 valence electrons. The van der Waals surface area contributed by atoms with Crippen LogP contribution in [0, 0.1) is 10.8 Å². The van der Waals surface area contributed by atoms with Gasteiger partial charge in [-0.15, -0.1) is 0 Å². The predicted octanol–water partition coefficient (Wildman–Crippen LogP) is 5.37. The molecule has 0 aromatic rings. The van der Waals surface area contributed by atoms with Crippen LogP contribution < -0.4 is 21.3 Å². The number of nitrogens with one attached hydrogen (secondary N) is 5. The molecular formula is C33H53N5O4. The summed E-state index contributed by atoms with van der Waals surface area (Å²) >= 11 is 0. The van der Waals surface area contributed by atoms with Crippen LogP contribution in [0.2, 0.25) is 0 Å². The second-order valence-electron chi connectivity index (χ2n) is 10.7. The van der Waals surface area contributed by atoms with Crippen LogP contribution in [-0.2, 0) is 9.47 Å². The van der Waals surface area contributed by atoms with Crippen LogP contribution in [0.15, 0.2) is 82.6 Å². The number of ether oxygens (including phenoxy) is 2. The minimum atomic E-state index is -0.506.